The average molecular weight is 263 g/mol. The highest BCUT2D eigenvalue weighted by Gasteiger charge is 2.11. The fourth-order valence-corrected chi connectivity index (χ4v) is 2.11. The van der Waals surface area contributed by atoms with E-state index >= 15 is 0 Å². The molecule has 0 bridgehead atoms. The average Bonchev–Trinajstić information content (AvgIpc) is 2.89. The van der Waals surface area contributed by atoms with Gasteiger partial charge < -0.3 is 5.11 Å². The molecule has 0 radical (unpaired) electrons. The molecule has 0 aliphatic heterocycles. The van der Waals surface area contributed by atoms with Crippen molar-refractivity contribution in [3.8, 4) is 11.8 Å². The minimum Gasteiger partial charge on any atom is -0.478 e. The van der Waals surface area contributed by atoms with Crippen LogP contribution in [0.5, 0.6) is 0 Å². The summed E-state index contributed by atoms with van der Waals surface area (Å²) in [6.07, 6.45) is 1.59. The van der Waals surface area contributed by atoms with Gasteiger partial charge in [-0.15, -0.1) is 0 Å². The maximum Gasteiger partial charge on any atom is 0.335 e. The van der Waals surface area contributed by atoms with E-state index in [1.54, 1.807) is 41.2 Å². The number of rotatable bonds is 2. The molecule has 0 saturated heterocycles. The highest BCUT2D eigenvalue weighted by Crippen LogP contribution is 2.21. The van der Waals surface area contributed by atoms with Crippen molar-refractivity contribution in [2.45, 2.75) is 0 Å². The van der Waals surface area contributed by atoms with Crippen LogP contribution in [0.4, 0.5) is 0 Å². The smallest absolute Gasteiger partial charge is 0.335 e. The number of carboxylic acid groups (broad SMARTS) is 1. The molecule has 1 aromatic heterocycles. The number of imidazole rings is 1. The Bertz CT molecular complexity index is 859. The third-order valence-electron chi connectivity index (χ3n) is 3.08. The lowest BCUT2D eigenvalue weighted by molar-refractivity contribution is 0.0697. The molecule has 3 rings (SSSR count). The Kier molecular flexibility index (Phi) is 2.70. The highest BCUT2D eigenvalue weighted by atomic mass is 16.4. The van der Waals surface area contributed by atoms with Gasteiger partial charge in [-0.2, -0.15) is 5.26 Å². The number of hydrogen-bond donors (Lipinski definition) is 1. The summed E-state index contributed by atoms with van der Waals surface area (Å²) in [6, 6.07) is 14.0. The van der Waals surface area contributed by atoms with Crippen LogP contribution in [0.1, 0.15) is 15.9 Å². The predicted molar refractivity (Wildman–Crippen MR) is 72.7 cm³/mol. The van der Waals surface area contributed by atoms with Crippen LogP contribution < -0.4 is 0 Å². The van der Waals surface area contributed by atoms with Gasteiger partial charge in [0, 0.05) is 0 Å². The van der Waals surface area contributed by atoms with E-state index in [9.17, 15) is 4.79 Å². The van der Waals surface area contributed by atoms with Gasteiger partial charge in [0.2, 0.25) is 0 Å². The van der Waals surface area contributed by atoms with Gasteiger partial charge in [0.25, 0.3) is 0 Å². The maximum absolute atomic E-state index is 11.1. The first-order valence-electron chi connectivity index (χ1n) is 5.90. The molecule has 0 spiro atoms. The Morgan fingerprint density at radius 1 is 1.25 bits per heavy atom. The van der Waals surface area contributed by atoms with Crippen molar-refractivity contribution < 1.29 is 9.90 Å². The fraction of sp³-hybridized carbons (Fsp3) is 0. The summed E-state index contributed by atoms with van der Waals surface area (Å²) in [6.45, 7) is 0. The number of hydrogen-bond acceptors (Lipinski definition) is 3. The summed E-state index contributed by atoms with van der Waals surface area (Å²) in [7, 11) is 0. The Balaban J connectivity index is 2.29. The zero-order chi connectivity index (χ0) is 14.1. The molecular formula is C15H9N3O2. The summed E-state index contributed by atoms with van der Waals surface area (Å²) < 4.78 is 1.72. The molecule has 5 nitrogen and oxygen atoms in total. The van der Waals surface area contributed by atoms with E-state index < -0.39 is 5.97 Å². The van der Waals surface area contributed by atoms with E-state index in [0.717, 1.165) is 0 Å². The molecule has 0 amide bonds. The lowest BCUT2D eigenvalue weighted by atomic mass is 10.1. The minimum absolute atomic E-state index is 0.189. The van der Waals surface area contributed by atoms with Gasteiger partial charge in [-0.25, -0.2) is 9.78 Å². The number of benzene rings is 2. The standard InChI is InChI=1S/C15H9N3O2/c16-8-11-3-1-2-4-13(11)18-9-17-12-6-5-10(15(19)20)7-14(12)18/h1-7,9H,(H,19,20). The molecule has 2 aromatic carbocycles. The van der Waals surface area contributed by atoms with Gasteiger partial charge in [-0.3, -0.25) is 4.57 Å². The zero-order valence-electron chi connectivity index (χ0n) is 10.3. The van der Waals surface area contributed by atoms with E-state index in [-0.39, 0.29) is 5.56 Å². The largest absolute Gasteiger partial charge is 0.478 e. The van der Waals surface area contributed by atoms with Crippen LogP contribution >= 0.6 is 0 Å². The van der Waals surface area contributed by atoms with E-state index in [1.807, 2.05) is 6.07 Å². The van der Waals surface area contributed by atoms with Crippen LogP contribution in [0.25, 0.3) is 16.7 Å². The lowest BCUT2D eigenvalue weighted by Gasteiger charge is -2.06. The van der Waals surface area contributed by atoms with Crippen molar-refractivity contribution in [3.63, 3.8) is 0 Å². The van der Waals surface area contributed by atoms with E-state index in [4.69, 9.17) is 10.4 Å². The van der Waals surface area contributed by atoms with Crippen molar-refractivity contribution in [2.24, 2.45) is 0 Å². The summed E-state index contributed by atoms with van der Waals surface area (Å²) in [5.74, 6) is -0.992. The second-order valence-corrected chi connectivity index (χ2v) is 4.25. The molecular weight excluding hydrogens is 254 g/mol. The van der Waals surface area contributed by atoms with Crippen molar-refractivity contribution in [3.05, 3.63) is 59.9 Å². The fourth-order valence-electron chi connectivity index (χ4n) is 2.11. The van der Waals surface area contributed by atoms with E-state index in [2.05, 4.69) is 11.1 Å². The number of carboxylic acids is 1. The number of fused-ring (bicyclic) bond motifs is 1. The van der Waals surface area contributed by atoms with Crippen LogP contribution in [0.2, 0.25) is 0 Å². The number of aromatic nitrogens is 2. The number of carbonyl (C=O) groups is 1. The molecule has 0 aliphatic rings. The first-order chi connectivity index (χ1) is 9.70. The molecule has 96 valence electrons. The maximum atomic E-state index is 11.1. The second kappa shape index (κ2) is 4.52. The first-order valence-corrected chi connectivity index (χ1v) is 5.90. The molecule has 0 unspecified atom stereocenters. The first kappa shape index (κ1) is 11.9. The van der Waals surface area contributed by atoms with Gasteiger partial charge >= 0.3 is 5.97 Å². The van der Waals surface area contributed by atoms with Crippen molar-refractivity contribution in [2.75, 3.05) is 0 Å². The molecule has 5 heteroatoms. The third-order valence-corrected chi connectivity index (χ3v) is 3.08. The van der Waals surface area contributed by atoms with Crippen LogP contribution in [0.15, 0.2) is 48.8 Å². The molecule has 1 heterocycles. The quantitative estimate of drug-likeness (QED) is 0.770. The Morgan fingerprint density at radius 3 is 2.80 bits per heavy atom. The van der Waals surface area contributed by atoms with Gasteiger partial charge in [-0.05, 0) is 30.3 Å². The number of nitriles is 1. The van der Waals surface area contributed by atoms with Gasteiger partial charge in [0.15, 0.2) is 0 Å². The van der Waals surface area contributed by atoms with Gasteiger partial charge in [0.1, 0.15) is 12.4 Å². The highest BCUT2D eigenvalue weighted by molar-refractivity contribution is 5.92. The summed E-state index contributed by atoms with van der Waals surface area (Å²) >= 11 is 0. The SMILES string of the molecule is N#Cc1ccccc1-n1cnc2ccc(C(=O)O)cc21. The minimum atomic E-state index is -0.992. The predicted octanol–water partition coefficient (Wildman–Crippen LogP) is 2.60. The Hall–Kier alpha value is -3.13. The molecule has 0 fully saturated rings. The van der Waals surface area contributed by atoms with E-state index in [1.165, 1.54) is 6.07 Å². The molecule has 20 heavy (non-hydrogen) atoms. The number of para-hydroxylation sites is 1. The monoisotopic (exact) mass is 263 g/mol. The van der Waals surface area contributed by atoms with Crippen molar-refractivity contribution in [1.29, 1.82) is 5.26 Å². The summed E-state index contributed by atoms with van der Waals surface area (Å²) in [5, 5.41) is 18.2. The molecule has 0 atom stereocenters. The van der Waals surface area contributed by atoms with Crippen LogP contribution in [-0.2, 0) is 0 Å². The Morgan fingerprint density at radius 2 is 2.05 bits per heavy atom. The molecule has 1 N–H and O–H groups in total. The van der Waals surface area contributed by atoms with Gasteiger partial charge in [-0.1, -0.05) is 12.1 Å². The van der Waals surface area contributed by atoms with Gasteiger partial charge in [0.05, 0.1) is 27.8 Å². The second-order valence-electron chi connectivity index (χ2n) is 4.25. The zero-order valence-corrected chi connectivity index (χ0v) is 10.3. The molecule has 0 saturated carbocycles. The van der Waals surface area contributed by atoms with Crippen molar-refractivity contribution >= 4 is 17.0 Å². The number of aromatic carboxylic acids is 1. The normalized spacial score (nSPS) is 10.3. The van der Waals surface area contributed by atoms with E-state index in [0.29, 0.717) is 22.3 Å². The van der Waals surface area contributed by atoms with Crippen LogP contribution in [-0.4, -0.2) is 20.6 Å². The molecule has 0 aliphatic carbocycles. The van der Waals surface area contributed by atoms with Crippen LogP contribution in [0, 0.1) is 11.3 Å². The molecule has 3 aromatic rings. The topological polar surface area (TPSA) is 78.9 Å². The van der Waals surface area contributed by atoms with Crippen LogP contribution in [0.3, 0.4) is 0 Å². The summed E-state index contributed by atoms with van der Waals surface area (Å²) in [4.78, 5) is 15.3. The number of nitrogens with zero attached hydrogens (tertiary/aromatic N) is 3. The Labute approximate surface area is 114 Å². The lowest BCUT2D eigenvalue weighted by Crippen LogP contribution is -1.98. The summed E-state index contributed by atoms with van der Waals surface area (Å²) in [5.41, 5.74) is 2.72. The third kappa shape index (κ3) is 1.80. The van der Waals surface area contributed by atoms with Crippen molar-refractivity contribution in [1.82, 2.24) is 9.55 Å².